The van der Waals surface area contributed by atoms with Crippen molar-refractivity contribution in [2.24, 2.45) is 0 Å². The van der Waals surface area contributed by atoms with Crippen LogP contribution < -0.4 is 10.1 Å². The first-order valence-electron chi connectivity index (χ1n) is 6.09. The number of rotatable bonds is 4. The van der Waals surface area contributed by atoms with Crippen molar-refractivity contribution in [1.29, 1.82) is 0 Å². The third-order valence-corrected chi connectivity index (χ3v) is 3.00. The second-order valence-electron chi connectivity index (χ2n) is 4.41. The summed E-state index contributed by atoms with van der Waals surface area (Å²) < 4.78 is 31.7. The van der Waals surface area contributed by atoms with Gasteiger partial charge in [-0.1, -0.05) is 6.07 Å². The van der Waals surface area contributed by atoms with Crippen LogP contribution in [-0.4, -0.2) is 12.2 Å². The monoisotopic (exact) mass is 279 g/mol. The summed E-state index contributed by atoms with van der Waals surface area (Å²) in [6.07, 6.45) is 0. The molecule has 0 heterocycles. The summed E-state index contributed by atoms with van der Waals surface area (Å²) in [5, 5.41) is 12.6. The fourth-order valence-corrected chi connectivity index (χ4v) is 1.94. The van der Waals surface area contributed by atoms with E-state index in [4.69, 9.17) is 4.74 Å². The fraction of sp³-hybridized carbons (Fsp3) is 0.200. The van der Waals surface area contributed by atoms with E-state index in [1.165, 1.54) is 37.4 Å². The lowest BCUT2D eigenvalue weighted by Crippen LogP contribution is -2.08. The summed E-state index contributed by atoms with van der Waals surface area (Å²) in [5.74, 6) is -0.608. The molecule has 106 valence electrons. The zero-order valence-corrected chi connectivity index (χ0v) is 11.2. The molecular weight excluding hydrogens is 264 g/mol. The molecule has 0 radical (unpaired) electrons. The third kappa shape index (κ3) is 2.99. The van der Waals surface area contributed by atoms with Crippen LogP contribution >= 0.6 is 0 Å². The van der Waals surface area contributed by atoms with E-state index >= 15 is 0 Å². The highest BCUT2D eigenvalue weighted by atomic mass is 19.1. The zero-order valence-electron chi connectivity index (χ0n) is 11.2. The van der Waals surface area contributed by atoms with Crippen LogP contribution in [-0.2, 0) is 0 Å². The van der Waals surface area contributed by atoms with Crippen LogP contribution in [0.2, 0.25) is 0 Å². The maximum atomic E-state index is 13.7. The Bertz CT molecular complexity index is 617. The highest BCUT2D eigenvalue weighted by Crippen LogP contribution is 2.30. The van der Waals surface area contributed by atoms with Crippen molar-refractivity contribution in [2.45, 2.75) is 13.0 Å². The molecule has 2 rings (SSSR count). The van der Waals surface area contributed by atoms with Crippen LogP contribution in [0.4, 0.5) is 14.5 Å². The van der Waals surface area contributed by atoms with Crippen LogP contribution in [0.25, 0.3) is 0 Å². The molecule has 0 aliphatic heterocycles. The van der Waals surface area contributed by atoms with Crippen LogP contribution in [0.15, 0.2) is 36.4 Å². The smallest absolute Gasteiger partial charge is 0.146 e. The molecule has 2 N–H and O–H groups in total. The minimum Gasteiger partial charge on any atom is -0.507 e. The average molecular weight is 279 g/mol. The van der Waals surface area contributed by atoms with Gasteiger partial charge in [-0.05, 0) is 25.1 Å². The van der Waals surface area contributed by atoms with E-state index in [1.807, 2.05) is 0 Å². The second-order valence-corrected chi connectivity index (χ2v) is 4.41. The first-order valence-corrected chi connectivity index (χ1v) is 6.09. The molecule has 1 unspecified atom stereocenters. The minimum absolute atomic E-state index is 0.173. The Morgan fingerprint density at radius 1 is 1.15 bits per heavy atom. The lowest BCUT2D eigenvalue weighted by molar-refractivity contribution is 0.414. The van der Waals surface area contributed by atoms with Gasteiger partial charge in [0.05, 0.1) is 18.8 Å². The summed E-state index contributed by atoms with van der Waals surface area (Å²) in [5.41, 5.74) is 0.731. The SMILES string of the molecule is COc1ccc(F)c(NC(C)c2ccc(F)cc2O)c1. The standard InChI is InChI=1S/C15H15F2NO2/c1-9(12-5-3-10(16)7-15(12)19)18-14-8-11(20-2)4-6-13(14)17/h3-9,18-19H,1-2H3. The lowest BCUT2D eigenvalue weighted by atomic mass is 10.1. The lowest BCUT2D eigenvalue weighted by Gasteiger charge is -2.18. The van der Waals surface area contributed by atoms with E-state index in [9.17, 15) is 13.9 Å². The Morgan fingerprint density at radius 2 is 1.90 bits per heavy atom. The minimum atomic E-state index is -0.522. The molecule has 20 heavy (non-hydrogen) atoms. The van der Waals surface area contributed by atoms with E-state index in [0.717, 1.165) is 6.07 Å². The highest BCUT2D eigenvalue weighted by molar-refractivity contribution is 5.52. The zero-order chi connectivity index (χ0) is 14.7. The molecule has 2 aromatic rings. The molecule has 0 aliphatic carbocycles. The van der Waals surface area contributed by atoms with Gasteiger partial charge in [-0.25, -0.2) is 8.78 Å². The van der Waals surface area contributed by atoms with Gasteiger partial charge in [0.15, 0.2) is 0 Å². The van der Waals surface area contributed by atoms with Crippen molar-refractivity contribution < 1.29 is 18.6 Å². The number of halogens is 2. The number of phenols is 1. The van der Waals surface area contributed by atoms with E-state index in [1.54, 1.807) is 6.92 Å². The summed E-state index contributed by atoms with van der Waals surface area (Å²) in [6, 6.07) is 7.66. The first kappa shape index (κ1) is 14.1. The third-order valence-electron chi connectivity index (χ3n) is 3.00. The Kier molecular flexibility index (Phi) is 4.08. The first-order chi connectivity index (χ1) is 9.51. The molecule has 0 spiro atoms. The van der Waals surface area contributed by atoms with Crippen LogP contribution in [0.3, 0.4) is 0 Å². The highest BCUT2D eigenvalue weighted by Gasteiger charge is 2.13. The average Bonchev–Trinajstić information content (AvgIpc) is 2.41. The normalized spacial score (nSPS) is 12.0. The van der Waals surface area contributed by atoms with Gasteiger partial charge in [0.2, 0.25) is 0 Å². The number of aromatic hydroxyl groups is 1. The predicted molar refractivity (Wildman–Crippen MR) is 73.1 cm³/mol. The van der Waals surface area contributed by atoms with Gasteiger partial charge in [0, 0.05) is 17.7 Å². The van der Waals surface area contributed by atoms with Crippen molar-refractivity contribution in [3.8, 4) is 11.5 Å². The molecule has 0 fully saturated rings. The molecule has 0 bridgehead atoms. The largest absolute Gasteiger partial charge is 0.507 e. The van der Waals surface area contributed by atoms with Gasteiger partial charge in [-0.2, -0.15) is 0 Å². The van der Waals surface area contributed by atoms with Gasteiger partial charge >= 0.3 is 0 Å². The quantitative estimate of drug-likeness (QED) is 0.893. The maximum absolute atomic E-state index is 13.7. The van der Waals surface area contributed by atoms with E-state index in [2.05, 4.69) is 5.32 Å². The number of benzene rings is 2. The number of methoxy groups -OCH3 is 1. The molecule has 3 nitrogen and oxygen atoms in total. The van der Waals surface area contributed by atoms with Crippen LogP contribution in [0, 0.1) is 11.6 Å². The molecule has 0 saturated carbocycles. The molecule has 5 heteroatoms. The van der Waals surface area contributed by atoms with E-state index in [0.29, 0.717) is 11.3 Å². The summed E-state index contributed by atoms with van der Waals surface area (Å²) in [7, 11) is 1.49. The van der Waals surface area contributed by atoms with E-state index in [-0.39, 0.29) is 11.4 Å². The molecular formula is C15H15F2NO2. The topological polar surface area (TPSA) is 41.5 Å². The summed E-state index contributed by atoms with van der Waals surface area (Å²) in [4.78, 5) is 0. The van der Waals surface area contributed by atoms with Crippen LogP contribution in [0.1, 0.15) is 18.5 Å². The van der Waals surface area contributed by atoms with Gasteiger partial charge < -0.3 is 15.2 Å². The van der Waals surface area contributed by atoms with Gasteiger partial charge in [-0.15, -0.1) is 0 Å². The summed E-state index contributed by atoms with van der Waals surface area (Å²) in [6.45, 7) is 1.74. The molecule has 0 saturated heterocycles. The number of hydrogen-bond acceptors (Lipinski definition) is 3. The fourth-order valence-electron chi connectivity index (χ4n) is 1.94. The Labute approximate surface area is 115 Å². The number of anilines is 1. The predicted octanol–water partition coefficient (Wildman–Crippen LogP) is 3.85. The molecule has 2 aromatic carbocycles. The van der Waals surface area contributed by atoms with Crippen molar-refractivity contribution in [3.05, 3.63) is 53.6 Å². The number of hydrogen-bond donors (Lipinski definition) is 2. The Hall–Kier alpha value is -2.30. The van der Waals surface area contributed by atoms with Crippen molar-refractivity contribution >= 4 is 5.69 Å². The molecule has 0 amide bonds. The molecule has 1 atom stereocenters. The van der Waals surface area contributed by atoms with Gasteiger partial charge in [-0.3, -0.25) is 0 Å². The second kappa shape index (κ2) is 5.77. The van der Waals surface area contributed by atoms with Crippen molar-refractivity contribution in [2.75, 3.05) is 12.4 Å². The van der Waals surface area contributed by atoms with Crippen molar-refractivity contribution in [3.63, 3.8) is 0 Å². The Balaban J connectivity index is 2.25. The Morgan fingerprint density at radius 3 is 2.55 bits per heavy atom. The molecule has 0 aliphatic rings. The summed E-state index contributed by atoms with van der Waals surface area (Å²) >= 11 is 0. The molecule has 0 aromatic heterocycles. The van der Waals surface area contributed by atoms with Crippen molar-refractivity contribution in [1.82, 2.24) is 0 Å². The number of phenolic OH excluding ortho intramolecular Hbond substituents is 1. The number of ether oxygens (including phenoxy) is 1. The maximum Gasteiger partial charge on any atom is 0.146 e. The van der Waals surface area contributed by atoms with Gasteiger partial charge in [0.1, 0.15) is 23.1 Å². The number of nitrogens with one attached hydrogen (secondary N) is 1. The van der Waals surface area contributed by atoms with Crippen LogP contribution in [0.5, 0.6) is 11.5 Å². The van der Waals surface area contributed by atoms with E-state index < -0.39 is 17.7 Å². The van der Waals surface area contributed by atoms with Gasteiger partial charge in [0.25, 0.3) is 0 Å².